The lowest BCUT2D eigenvalue weighted by Crippen LogP contribution is -2.25. The highest BCUT2D eigenvalue weighted by Gasteiger charge is 2.04. The lowest BCUT2D eigenvalue weighted by Gasteiger charge is -2.20. The third kappa shape index (κ3) is 4.38. The third-order valence-electron chi connectivity index (χ3n) is 3.23. The average Bonchev–Trinajstić information content (AvgIpc) is 2.46. The van der Waals surface area contributed by atoms with Crippen LogP contribution in [0.2, 0.25) is 0 Å². The zero-order chi connectivity index (χ0) is 13.5. The maximum absolute atomic E-state index is 5.64. The molecule has 0 aliphatic carbocycles. The summed E-state index contributed by atoms with van der Waals surface area (Å²) in [6, 6.07) is 14.5. The molecule has 0 fully saturated rings. The van der Waals surface area contributed by atoms with Crippen LogP contribution in [-0.2, 0) is 13.0 Å². The number of anilines is 1. The molecule has 1 aromatic carbocycles. The Morgan fingerprint density at radius 1 is 1.11 bits per heavy atom. The molecule has 2 N–H and O–H groups in total. The lowest BCUT2D eigenvalue weighted by atomic mass is 10.2. The molecular formula is C16H21N3. The van der Waals surface area contributed by atoms with Gasteiger partial charge in [-0.05, 0) is 24.2 Å². The van der Waals surface area contributed by atoms with Gasteiger partial charge in [-0.2, -0.15) is 0 Å². The van der Waals surface area contributed by atoms with Crippen LogP contribution in [0.3, 0.4) is 0 Å². The molecular weight excluding hydrogens is 234 g/mol. The van der Waals surface area contributed by atoms with E-state index in [1.54, 1.807) is 6.20 Å². The Bertz CT molecular complexity index is 479. The van der Waals surface area contributed by atoms with Crippen molar-refractivity contribution in [3.63, 3.8) is 0 Å². The monoisotopic (exact) mass is 255 g/mol. The third-order valence-corrected chi connectivity index (χ3v) is 3.23. The number of pyridine rings is 1. The Hall–Kier alpha value is -1.87. The quantitative estimate of drug-likeness (QED) is 0.863. The van der Waals surface area contributed by atoms with Gasteiger partial charge >= 0.3 is 0 Å². The first kappa shape index (κ1) is 13.6. The molecule has 100 valence electrons. The van der Waals surface area contributed by atoms with E-state index in [0.29, 0.717) is 0 Å². The molecule has 0 saturated heterocycles. The van der Waals surface area contributed by atoms with Gasteiger partial charge in [-0.25, -0.2) is 0 Å². The fourth-order valence-corrected chi connectivity index (χ4v) is 2.05. The standard InChI is InChI=1S/C16H21N3/c1-2-19(13-14-6-4-3-5-7-14)11-10-16-9-8-15(17)12-18-16/h3-9,12H,2,10-11,13,17H2,1H3. The highest BCUT2D eigenvalue weighted by molar-refractivity contribution is 5.34. The summed E-state index contributed by atoms with van der Waals surface area (Å²) in [4.78, 5) is 6.76. The van der Waals surface area contributed by atoms with Crippen LogP contribution < -0.4 is 5.73 Å². The summed E-state index contributed by atoms with van der Waals surface area (Å²) in [5.41, 5.74) is 8.81. The van der Waals surface area contributed by atoms with Gasteiger partial charge in [0.1, 0.15) is 0 Å². The fourth-order valence-electron chi connectivity index (χ4n) is 2.05. The highest BCUT2D eigenvalue weighted by Crippen LogP contribution is 2.07. The fraction of sp³-hybridized carbons (Fsp3) is 0.312. The molecule has 0 aliphatic heterocycles. The predicted octanol–water partition coefficient (Wildman–Crippen LogP) is 2.73. The summed E-state index contributed by atoms with van der Waals surface area (Å²) in [7, 11) is 0. The van der Waals surface area contributed by atoms with E-state index in [0.717, 1.165) is 37.4 Å². The molecule has 0 unspecified atom stereocenters. The van der Waals surface area contributed by atoms with Crippen molar-refractivity contribution in [2.75, 3.05) is 18.8 Å². The van der Waals surface area contributed by atoms with E-state index in [1.807, 2.05) is 12.1 Å². The minimum Gasteiger partial charge on any atom is -0.397 e. The van der Waals surface area contributed by atoms with Crippen LogP contribution in [0.15, 0.2) is 48.7 Å². The van der Waals surface area contributed by atoms with Gasteiger partial charge in [-0.3, -0.25) is 9.88 Å². The van der Waals surface area contributed by atoms with Crippen LogP contribution in [0.5, 0.6) is 0 Å². The Labute approximate surface area is 115 Å². The zero-order valence-corrected chi connectivity index (χ0v) is 11.4. The van der Waals surface area contributed by atoms with E-state index < -0.39 is 0 Å². The van der Waals surface area contributed by atoms with E-state index in [2.05, 4.69) is 47.1 Å². The predicted molar refractivity (Wildman–Crippen MR) is 79.7 cm³/mol. The molecule has 2 rings (SSSR count). The van der Waals surface area contributed by atoms with Crippen molar-refractivity contribution in [3.8, 4) is 0 Å². The largest absolute Gasteiger partial charge is 0.397 e. The SMILES string of the molecule is CCN(CCc1ccc(N)cn1)Cc1ccccc1. The van der Waals surface area contributed by atoms with Crippen molar-refractivity contribution in [3.05, 3.63) is 59.9 Å². The summed E-state index contributed by atoms with van der Waals surface area (Å²) in [5, 5.41) is 0. The van der Waals surface area contributed by atoms with E-state index in [4.69, 9.17) is 5.73 Å². The van der Waals surface area contributed by atoms with Crippen LogP contribution in [-0.4, -0.2) is 23.0 Å². The molecule has 0 atom stereocenters. The number of aromatic nitrogens is 1. The Morgan fingerprint density at radius 2 is 1.89 bits per heavy atom. The molecule has 2 aromatic rings. The van der Waals surface area contributed by atoms with Gasteiger partial charge in [0.05, 0.1) is 11.9 Å². The molecule has 1 aromatic heterocycles. The molecule has 3 heteroatoms. The smallest absolute Gasteiger partial charge is 0.0501 e. The number of nitrogens with two attached hydrogens (primary N) is 1. The molecule has 0 bridgehead atoms. The summed E-state index contributed by atoms with van der Waals surface area (Å²) >= 11 is 0. The number of hydrogen-bond donors (Lipinski definition) is 1. The normalized spacial score (nSPS) is 10.8. The van der Waals surface area contributed by atoms with Crippen molar-refractivity contribution < 1.29 is 0 Å². The first-order chi connectivity index (χ1) is 9.28. The average molecular weight is 255 g/mol. The van der Waals surface area contributed by atoms with Gasteiger partial charge in [0.25, 0.3) is 0 Å². The Kier molecular flexibility index (Phi) is 4.93. The molecule has 3 nitrogen and oxygen atoms in total. The van der Waals surface area contributed by atoms with Crippen molar-refractivity contribution in [2.45, 2.75) is 19.9 Å². The summed E-state index contributed by atoms with van der Waals surface area (Å²) < 4.78 is 0. The van der Waals surface area contributed by atoms with E-state index in [1.165, 1.54) is 5.56 Å². The van der Waals surface area contributed by atoms with Crippen molar-refractivity contribution in [1.82, 2.24) is 9.88 Å². The molecule has 0 amide bonds. The Morgan fingerprint density at radius 3 is 2.53 bits per heavy atom. The summed E-state index contributed by atoms with van der Waals surface area (Å²) in [6.07, 6.45) is 2.68. The number of hydrogen-bond acceptors (Lipinski definition) is 3. The van der Waals surface area contributed by atoms with Crippen molar-refractivity contribution in [1.29, 1.82) is 0 Å². The summed E-state index contributed by atoms with van der Waals surface area (Å²) in [5.74, 6) is 0. The minimum atomic E-state index is 0.723. The molecule has 0 aliphatic rings. The molecule has 0 spiro atoms. The Balaban J connectivity index is 1.87. The maximum Gasteiger partial charge on any atom is 0.0501 e. The molecule has 0 saturated carbocycles. The second-order valence-corrected chi connectivity index (χ2v) is 4.69. The first-order valence-electron chi connectivity index (χ1n) is 6.74. The topological polar surface area (TPSA) is 42.1 Å². The van der Waals surface area contributed by atoms with Crippen LogP contribution >= 0.6 is 0 Å². The van der Waals surface area contributed by atoms with Crippen molar-refractivity contribution in [2.24, 2.45) is 0 Å². The lowest BCUT2D eigenvalue weighted by molar-refractivity contribution is 0.283. The number of rotatable bonds is 6. The highest BCUT2D eigenvalue weighted by atomic mass is 15.1. The van der Waals surface area contributed by atoms with E-state index >= 15 is 0 Å². The van der Waals surface area contributed by atoms with Gasteiger partial charge < -0.3 is 5.73 Å². The minimum absolute atomic E-state index is 0.723. The summed E-state index contributed by atoms with van der Waals surface area (Å²) in [6.45, 7) is 5.25. The number of benzene rings is 1. The van der Waals surface area contributed by atoms with Crippen LogP contribution in [0, 0.1) is 0 Å². The van der Waals surface area contributed by atoms with Gasteiger partial charge in [0.2, 0.25) is 0 Å². The maximum atomic E-state index is 5.64. The number of nitrogen functional groups attached to an aromatic ring is 1. The van der Waals surface area contributed by atoms with Gasteiger partial charge in [-0.1, -0.05) is 37.3 Å². The molecule has 0 radical (unpaired) electrons. The second-order valence-electron chi connectivity index (χ2n) is 4.69. The van der Waals surface area contributed by atoms with Gasteiger partial charge in [0.15, 0.2) is 0 Å². The van der Waals surface area contributed by atoms with E-state index in [9.17, 15) is 0 Å². The second kappa shape index (κ2) is 6.90. The first-order valence-corrected chi connectivity index (χ1v) is 6.74. The zero-order valence-electron chi connectivity index (χ0n) is 11.4. The molecule has 19 heavy (non-hydrogen) atoms. The van der Waals surface area contributed by atoms with Gasteiger partial charge in [0, 0.05) is 25.2 Å². The van der Waals surface area contributed by atoms with Crippen molar-refractivity contribution >= 4 is 5.69 Å². The van der Waals surface area contributed by atoms with Crippen LogP contribution in [0.1, 0.15) is 18.2 Å². The number of likely N-dealkylation sites (N-methyl/N-ethyl adjacent to an activating group) is 1. The molecule has 1 heterocycles. The van der Waals surface area contributed by atoms with E-state index in [-0.39, 0.29) is 0 Å². The van der Waals surface area contributed by atoms with Crippen LogP contribution in [0.4, 0.5) is 5.69 Å². The van der Waals surface area contributed by atoms with Gasteiger partial charge in [-0.15, -0.1) is 0 Å². The number of nitrogens with zero attached hydrogens (tertiary/aromatic N) is 2. The van der Waals surface area contributed by atoms with Crippen LogP contribution in [0.25, 0.3) is 0 Å².